The van der Waals surface area contributed by atoms with E-state index in [4.69, 9.17) is 5.73 Å². The zero-order valence-electron chi connectivity index (χ0n) is 25.4. The van der Waals surface area contributed by atoms with Gasteiger partial charge in [0.05, 0.1) is 18.0 Å². The van der Waals surface area contributed by atoms with Gasteiger partial charge in [0.15, 0.2) is 0 Å². The average Bonchev–Trinajstić information content (AvgIpc) is 3.81. The number of carboxylic acid groups (broad SMARTS) is 1. The van der Waals surface area contributed by atoms with Crippen molar-refractivity contribution < 1.29 is 29.1 Å². The van der Waals surface area contributed by atoms with E-state index in [1.165, 1.54) is 27.7 Å². The van der Waals surface area contributed by atoms with Crippen molar-refractivity contribution in [3.63, 3.8) is 0 Å². The summed E-state index contributed by atoms with van der Waals surface area (Å²) in [5.74, 6) is -2.61. The predicted octanol–water partition coefficient (Wildman–Crippen LogP) is -1.79. The van der Waals surface area contributed by atoms with Crippen LogP contribution >= 0.6 is 11.8 Å². The zero-order valence-corrected chi connectivity index (χ0v) is 26.2. The number of tetrazole rings is 1. The van der Waals surface area contributed by atoms with Crippen molar-refractivity contribution in [1.29, 1.82) is 0 Å². The minimum atomic E-state index is -1.17. The first-order valence-electron chi connectivity index (χ1n) is 15.6. The Kier molecular flexibility index (Phi) is 8.85. The van der Waals surface area contributed by atoms with Gasteiger partial charge in [0.25, 0.3) is 0 Å². The van der Waals surface area contributed by atoms with E-state index in [1.54, 1.807) is 6.92 Å². The van der Waals surface area contributed by atoms with Crippen molar-refractivity contribution in [2.75, 3.05) is 32.7 Å². The molecule has 5 aliphatic rings. The SMILES string of the molecule is CC(NC(=O)Cn1cnnn1)[C@H]1C(=O)N2C(C(=O)O)=C(S[C@@H]3CN[C@H](C(=O)N4CCC(C(=O)N5CC[C@@H](N)C5)CC4)C3)[C@H](C)[C@H]12. The van der Waals surface area contributed by atoms with Gasteiger partial charge < -0.3 is 36.2 Å². The molecule has 1 aromatic heterocycles. The molecule has 5 N–H and O–H groups in total. The molecule has 45 heavy (non-hydrogen) atoms. The molecule has 7 atom stereocenters. The van der Waals surface area contributed by atoms with E-state index in [2.05, 4.69) is 26.2 Å². The number of nitrogens with two attached hydrogens (primary N) is 1. The Morgan fingerprint density at radius 1 is 1.16 bits per heavy atom. The van der Waals surface area contributed by atoms with Crippen molar-refractivity contribution in [3.05, 3.63) is 16.9 Å². The highest BCUT2D eigenvalue weighted by atomic mass is 32.2. The molecule has 0 aliphatic carbocycles. The Bertz CT molecular complexity index is 1380. The highest BCUT2D eigenvalue weighted by Gasteiger charge is 2.60. The molecule has 0 aromatic carbocycles. The molecule has 244 valence electrons. The number of thioether (sulfide) groups is 1. The van der Waals surface area contributed by atoms with Gasteiger partial charge in [0.2, 0.25) is 23.6 Å². The molecule has 0 bridgehead atoms. The number of nitrogens with one attached hydrogen (secondary N) is 2. The van der Waals surface area contributed by atoms with Crippen LogP contribution in [0.5, 0.6) is 0 Å². The van der Waals surface area contributed by atoms with Crippen LogP contribution in [0.3, 0.4) is 0 Å². The quantitative estimate of drug-likeness (QED) is 0.220. The Morgan fingerprint density at radius 2 is 1.89 bits per heavy atom. The monoisotopic (exact) mass is 644 g/mol. The van der Waals surface area contributed by atoms with Crippen LogP contribution in [-0.4, -0.2) is 132 Å². The summed E-state index contributed by atoms with van der Waals surface area (Å²) in [6.07, 6.45) is 3.95. The first-order chi connectivity index (χ1) is 21.5. The maximum absolute atomic E-state index is 13.4. The largest absolute Gasteiger partial charge is 0.477 e. The van der Waals surface area contributed by atoms with E-state index in [0.717, 1.165) is 6.42 Å². The maximum atomic E-state index is 13.4. The number of likely N-dealkylation sites (tertiary alicyclic amines) is 2. The highest BCUT2D eigenvalue weighted by Crippen LogP contribution is 2.52. The first-order valence-corrected chi connectivity index (χ1v) is 16.4. The average molecular weight is 645 g/mol. The standard InChI is InChI=1S/C28H40N10O6S/c1-14-22-21(15(2)32-20(39)12-37-13-31-33-34-37)27(42)38(22)23(28(43)44)24(14)45-18-9-19(30-10-18)26(41)35-6-3-16(4-7-35)25(40)36-8-5-17(29)11-36/h13-19,21-22,30H,3-12,29H2,1-2H3,(H,32,39)(H,43,44)/t14-,15?,17-,18+,19+,21-,22-/m1/s1. The smallest absolute Gasteiger partial charge is 0.353 e. The van der Waals surface area contributed by atoms with E-state index in [-0.39, 0.29) is 65.0 Å². The Balaban J connectivity index is 1.03. The van der Waals surface area contributed by atoms with Crippen LogP contribution in [0.1, 0.15) is 39.5 Å². The summed E-state index contributed by atoms with van der Waals surface area (Å²) in [6.45, 7) is 6.45. The minimum absolute atomic E-state index is 0.00408. The number of fused-ring (bicyclic) bond motifs is 1. The summed E-state index contributed by atoms with van der Waals surface area (Å²) in [4.78, 5) is 70.1. The van der Waals surface area contributed by atoms with Gasteiger partial charge in [-0.1, -0.05) is 6.92 Å². The van der Waals surface area contributed by atoms with E-state index in [9.17, 15) is 29.1 Å². The number of β-lactam (4-membered cyclic amide) rings is 1. The normalized spacial score (nSPS) is 30.8. The Hall–Kier alpha value is -3.57. The molecular weight excluding hydrogens is 604 g/mol. The summed E-state index contributed by atoms with van der Waals surface area (Å²) in [5.41, 5.74) is 5.96. The minimum Gasteiger partial charge on any atom is -0.477 e. The van der Waals surface area contributed by atoms with Crippen LogP contribution in [0.4, 0.5) is 0 Å². The van der Waals surface area contributed by atoms with Gasteiger partial charge in [-0.05, 0) is 43.0 Å². The third-order valence-corrected chi connectivity index (χ3v) is 11.3. The topological polar surface area (TPSA) is 209 Å². The zero-order chi connectivity index (χ0) is 32.0. The molecule has 0 spiro atoms. The lowest BCUT2D eigenvalue weighted by Gasteiger charge is -2.47. The molecule has 4 fully saturated rings. The second-order valence-electron chi connectivity index (χ2n) is 12.8. The fraction of sp³-hybridized carbons (Fsp3) is 0.714. The third kappa shape index (κ3) is 6.04. The molecule has 0 saturated carbocycles. The summed E-state index contributed by atoms with van der Waals surface area (Å²) >= 11 is 1.42. The number of aliphatic carboxylic acids is 1. The number of hydrogen-bond donors (Lipinski definition) is 4. The van der Waals surface area contributed by atoms with Gasteiger partial charge in [-0.3, -0.25) is 19.2 Å². The molecule has 4 amide bonds. The first kappa shape index (κ1) is 31.4. The summed E-state index contributed by atoms with van der Waals surface area (Å²) in [6, 6.07) is -1.25. The van der Waals surface area contributed by atoms with E-state index in [1.807, 2.05) is 16.7 Å². The molecule has 1 unspecified atom stereocenters. The molecule has 4 saturated heterocycles. The lowest BCUT2D eigenvalue weighted by Crippen LogP contribution is -2.66. The fourth-order valence-corrected chi connectivity index (χ4v) is 8.94. The van der Waals surface area contributed by atoms with E-state index >= 15 is 0 Å². The van der Waals surface area contributed by atoms with Crippen LogP contribution in [0.25, 0.3) is 0 Å². The van der Waals surface area contributed by atoms with E-state index < -0.39 is 24.0 Å². The molecule has 1 aromatic rings. The predicted molar refractivity (Wildman–Crippen MR) is 160 cm³/mol. The molecule has 6 rings (SSSR count). The summed E-state index contributed by atoms with van der Waals surface area (Å²) in [7, 11) is 0. The number of amides is 4. The van der Waals surface area contributed by atoms with Gasteiger partial charge in [0.1, 0.15) is 18.6 Å². The number of aromatic nitrogens is 4. The Labute approximate surface area is 264 Å². The van der Waals surface area contributed by atoms with Crippen LogP contribution < -0.4 is 16.4 Å². The second-order valence-corrected chi connectivity index (χ2v) is 14.1. The van der Waals surface area contributed by atoms with Gasteiger partial charge >= 0.3 is 5.97 Å². The highest BCUT2D eigenvalue weighted by molar-refractivity contribution is 8.03. The van der Waals surface area contributed by atoms with Gasteiger partial charge in [-0.25, -0.2) is 9.48 Å². The van der Waals surface area contributed by atoms with Gasteiger partial charge in [0, 0.05) is 66.8 Å². The number of rotatable bonds is 9. The Morgan fingerprint density at radius 3 is 2.53 bits per heavy atom. The van der Waals surface area contributed by atoms with Gasteiger partial charge in [-0.2, -0.15) is 0 Å². The van der Waals surface area contributed by atoms with Crippen LogP contribution in [0.2, 0.25) is 0 Å². The number of carboxylic acids is 1. The molecule has 17 heteroatoms. The fourth-order valence-electron chi connectivity index (χ4n) is 7.46. The summed E-state index contributed by atoms with van der Waals surface area (Å²) in [5, 5.41) is 26.9. The number of carbonyl (C=O) groups excluding carboxylic acids is 4. The van der Waals surface area contributed by atoms with Crippen molar-refractivity contribution in [2.45, 2.75) is 75.5 Å². The van der Waals surface area contributed by atoms with Crippen molar-refractivity contribution in [2.24, 2.45) is 23.5 Å². The third-order valence-electron chi connectivity index (χ3n) is 9.79. The number of hydrogen-bond acceptors (Lipinski definition) is 11. The van der Waals surface area contributed by atoms with Crippen LogP contribution in [-0.2, 0) is 30.5 Å². The van der Waals surface area contributed by atoms with Crippen molar-refractivity contribution in [3.8, 4) is 0 Å². The second kappa shape index (κ2) is 12.7. The van der Waals surface area contributed by atoms with Crippen LogP contribution in [0.15, 0.2) is 16.9 Å². The van der Waals surface area contributed by atoms with Gasteiger partial charge in [-0.15, -0.1) is 16.9 Å². The molecule has 16 nitrogen and oxygen atoms in total. The lowest BCUT2D eigenvalue weighted by atomic mass is 9.78. The number of carbonyl (C=O) groups is 5. The van der Waals surface area contributed by atoms with Crippen molar-refractivity contribution >= 4 is 41.4 Å². The van der Waals surface area contributed by atoms with Crippen molar-refractivity contribution in [1.82, 2.24) is 45.5 Å². The van der Waals surface area contributed by atoms with E-state index in [0.29, 0.717) is 56.9 Å². The lowest BCUT2D eigenvalue weighted by molar-refractivity contribution is -0.158. The molecule has 0 radical (unpaired) electrons. The summed E-state index contributed by atoms with van der Waals surface area (Å²) < 4.78 is 1.27. The maximum Gasteiger partial charge on any atom is 0.353 e. The number of piperidine rings is 1. The molecular formula is C28H40N10O6S. The molecule has 6 heterocycles. The number of nitrogens with zero attached hydrogens (tertiary/aromatic N) is 7. The molecule has 5 aliphatic heterocycles. The van der Waals surface area contributed by atoms with Crippen LogP contribution in [0, 0.1) is 17.8 Å².